The maximum absolute atomic E-state index is 5.63. The lowest BCUT2D eigenvalue weighted by atomic mass is 10.4. The molecule has 0 aromatic rings. The van der Waals surface area contributed by atoms with Crippen molar-refractivity contribution in [3.8, 4) is 0 Å². The van der Waals surface area contributed by atoms with Crippen LogP contribution in [0.3, 0.4) is 0 Å². The molecule has 0 bridgehead atoms. The number of nitrogens with one attached hydrogen (secondary N) is 1. The van der Waals surface area contributed by atoms with Crippen LogP contribution >= 0.6 is 0 Å². The predicted octanol–water partition coefficient (Wildman–Crippen LogP) is 1.09. The minimum absolute atomic E-state index is 0.0696. The van der Waals surface area contributed by atoms with E-state index in [0.717, 1.165) is 26.0 Å². The molecule has 1 atom stereocenters. The van der Waals surface area contributed by atoms with E-state index < -0.39 is 0 Å². The zero-order chi connectivity index (χ0) is 15.6. The molecule has 0 aromatic heterocycles. The monoisotopic (exact) mass is 307 g/mol. The fourth-order valence-corrected chi connectivity index (χ4v) is 1.64. The second-order valence-corrected chi connectivity index (χ2v) is 4.70. The second-order valence-electron chi connectivity index (χ2n) is 4.70. The highest BCUT2D eigenvalue weighted by Crippen LogP contribution is 1.92. The molecular weight excluding hydrogens is 274 g/mol. The highest BCUT2D eigenvalue weighted by atomic mass is 16.6. The molecule has 0 aliphatic heterocycles. The fraction of sp³-hybridized carbons (Fsp3) is 1.00. The first kappa shape index (κ1) is 20.8. The van der Waals surface area contributed by atoms with Crippen LogP contribution in [0.4, 0.5) is 0 Å². The van der Waals surface area contributed by atoms with Crippen LogP contribution in [-0.2, 0) is 23.7 Å². The molecule has 0 aromatic carbocycles. The average Bonchev–Trinajstić information content (AvgIpc) is 2.48. The van der Waals surface area contributed by atoms with Gasteiger partial charge in [0.25, 0.3) is 0 Å². The molecule has 0 saturated heterocycles. The van der Waals surface area contributed by atoms with E-state index in [2.05, 4.69) is 12.2 Å². The van der Waals surface area contributed by atoms with Crippen LogP contribution < -0.4 is 5.32 Å². The Labute approximate surface area is 129 Å². The third-order valence-corrected chi connectivity index (χ3v) is 2.75. The number of likely N-dealkylation sites (N-methyl/N-ethyl adjacent to an activating group) is 1. The number of hydrogen-bond donors (Lipinski definition) is 1. The normalized spacial score (nSPS) is 12.7. The summed E-state index contributed by atoms with van der Waals surface area (Å²) in [6, 6.07) is 0. The van der Waals surface area contributed by atoms with Gasteiger partial charge in [-0.2, -0.15) is 0 Å². The molecule has 1 unspecified atom stereocenters. The maximum Gasteiger partial charge on any atom is 0.0933 e. The fourth-order valence-electron chi connectivity index (χ4n) is 1.64. The molecule has 0 amide bonds. The highest BCUT2D eigenvalue weighted by Gasteiger charge is 2.06. The topological polar surface area (TPSA) is 58.2 Å². The van der Waals surface area contributed by atoms with E-state index >= 15 is 0 Å². The van der Waals surface area contributed by atoms with E-state index in [1.807, 2.05) is 7.05 Å². The van der Waals surface area contributed by atoms with Gasteiger partial charge in [-0.1, -0.05) is 13.3 Å². The third-order valence-electron chi connectivity index (χ3n) is 2.75. The van der Waals surface area contributed by atoms with Gasteiger partial charge in [0.1, 0.15) is 0 Å². The van der Waals surface area contributed by atoms with Crippen LogP contribution in [0.5, 0.6) is 0 Å². The highest BCUT2D eigenvalue weighted by molar-refractivity contribution is 4.58. The molecule has 6 heteroatoms. The zero-order valence-corrected chi connectivity index (χ0v) is 13.9. The van der Waals surface area contributed by atoms with Crippen LogP contribution in [0, 0.1) is 0 Å². The van der Waals surface area contributed by atoms with Crippen LogP contribution in [0.15, 0.2) is 0 Å². The Morgan fingerprint density at radius 1 is 0.857 bits per heavy atom. The molecule has 0 aliphatic carbocycles. The first-order valence-corrected chi connectivity index (χ1v) is 7.83. The quantitative estimate of drug-likeness (QED) is 0.406. The summed E-state index contributed by atoms with van der Waals surface area (Å²) in [6.07, 6.45) is 2.34. The Kier molecular flexibility index (Phi) is 17.6. The van der Waals surface area contributed by atoms with E-state index in [1.54, 1.807) is 7.11 Å². The summed E-state index contributed by atoms with van der Waals surface area (Å²) in [5.41, 5.74) is 0. The Bertz CT molecular complexity index is 189. The van der Waals surface area contributed by atoms with Gasteiger partial charge in [0.2, 0.25) is 0 Å². The molecule has 6 nitrogen and oxygen atoms in total. The van der Waals surface area contributed by atoms with Crippen molar-refractivity contribution in [3.63, 3.8) is 0 Å². The van der Waals surface area contributed by atoms with Gasteiger partial charge in [-0.3, -0.25) is 0 Å². The van der Waals surface area contributed by atoms with Gasteiger partial charge in [-0.25, -0.2) is 0 Å². The van der Waals surface area contributed by atoms with Crippen molar-refractivity contribution < 1.29 is 23.7 Å². The molecule has 1 N–H and O–H groups in total. The van der Waals surface area contributed by atoms with Crippen molar-refractivity contribution in [2.75, 3.05) is 73.6 Å². The molecule has 128 valence electrons. The molecular formula is C15H33NO5. The average molecular weight is 307 g/mol. The van der Waals surface area contributed by atoms with Crippen molar-refractivity contribution in [2.24, 2.45) is 0 Å². The third kappa shape index (κ3) is 16.0. The molecule has 0 fully saturated rings. The Hall–Kier alpha value is -0.240. The van der Waals surface area contributed by atoms with Crippen molar-refractivity contribution in [2.45, 2.75) is 25.9 Å². The minimum Gasteiger partial charge on any atom is -0.382 e. The van der Waals surface area contributed by atoms with Gasteiger partial charge in [0.15, 0.2) is 0 Å². The minimum atomic E-state index is 0.0696. The zero-order valence-electron chi connectivity index (χ0n) is 13.9. The Balaban J connectivity index is 3.17. The summed E-state index contributed by atoms with van der Waals surface area (Å²) in [5.74, 6) is 0. The van der Waals surface area contributed by atoms with Crippen LogP contribution in [0.2, 0.25) is 0 Å². The van der Waals surface area contributed by atoms with Crippen molar-refractivity contribution in [3.05, 3.63) is 0 Å². The Morgan fingerprint density at radius 3 is 1.95 bits per heavy atom. The molecule has 0 heterocycles. The molecule has 0 rings (SSSR count). The standard InChI is InChI=1S/C15H33NO5/c1-4-5-6-18-7-8-19-9-10-20-11-12-21-15(13-16-2)14-17-3/h15-16H,4-14H2,1-3H3. The first-order valence-electron chi connectivity index (χ1n) is 7.83. The molecule has 0 spiro atoms. The lowest BCUT2D eigenvalue weighted by Gasteiger charge is -2.16. The summed E-state index contributed by atoms with van der Waals surface area (Å²) in [4.78, 5) is 0. The first-order chi connectivity index (χ1) is 10.3. The van der Waals surface area contributed by atoms with Crippen LogP contribution in [0.1, 0.15) is 19.8 Å². The van der Waals surface area contributed by atoms with Gasteiger partial charge in [-0.15, -0.1) is 0 Å². The summed E-state index contributed by atoms with van der Waals surface area (Å²) in [5, 5.41) is 3.07. The lowest BCUT2D eigenvalue weighted by molar-refractivity contribution is -0.0373. The number of ether oxygens (including phenoxy) is 5. The van der Waals surface area contributed by atoms with E-state index in [4.69, 9.17) is 23.7 Å². The van der Waals surface area contributed by atoms with Gasteiger partial charge in [-0.05, 0) is 13.5 Å². The number of hydrogen-bond acceptors (Lipinski definition) is 6. The number of methoxy groups -OCH3 is 1. The van der Waals surface area contributed by atoms with Gasteiger partial charge in [0, 0.05) is 20.3 Å². The molecule has 0 aliphatic rings. The maximum atomic E-state index is 5.63. The molecule has 0 radical (unpaired) electrons. The van der Waals surface area contributed by atoms with E-state index in [0.29, 0.717) is 46.2 Å². The smallest absolute Gasteiger partial charge is 0.0933 e. The van der Waals surface area contributed by atoms with Gasteiger partial charge in [0.05, 0.1) is 52.4 Å². The van der Waals surface area contributed by atoms with Crippen LogP contribution in [0.25, 0.3) is 0 Å². The second kappa shape index (κ2) is 17.8. The number of unbranched alkanes of at least 4 members (excludes halogenated alkanes) is 1. The number of rotatable bonds is 17. The largest absolute Gasteiger partial charge is 0.382 e. The van der Waals surface area contributed by atoms with Gasteiger partial charge < -0.3 is 29.0 Å². The van der Waals surface area contributed by atoms with E-state index in [1.165, 1.54) is 0 Å². The van der Waals surface area contributed by atoms with E-state index in [-0.39, 0.29) is 6.10 Å². The van der Waals surface area contributed by atoms with Crippen LogP contribution in [-0.4, -0.2) is 79.7 Å². The van der Waals surface area contributed by atoms with Crippen molar-refractivity contribution in [1.29, 1.82) is 0 Å². The van der Waals surface area contributed by atoms with E-state index in [9.17, 15) is 0 Å². The van der Waals surface area contributed by atoms with Crippen molar-refractivity contribution >= 4 is 0 Å². The van der Waals surface area contributed by atoms with Gasteiger partial charge >= 0.3 is 0 Å². The summed E-state index contributed by atoms with van der Waals surface area (Å²) >= 11 is 0. The lowest BCUT2D eigenvalue weighted by Crippen LogP contribution is -2.31. The summed E-state index contributed by atoms with van der Waals surface area (Å²) in [7, 11) is 3.57. The van der Waals surface area contributed by atoms with Crippen molar-refractivity contribution in [1.82, 2.24) is 5.32 Å². The summed E-state index contributed by atoms with van der Waals surface area (Å²) < 4.78 is 26.9. The Morgan fingerprint density at radius 2 is 1.43 bits per heavy atom. The summed E-state index contributed by atoms with van der Waals surface area (Å²) in [6.45, 7) is 7.93. The molecule has 21 heavy (non-hydrogen) atoms. The molecule has 0 saturated carbocycles. The predicted molar refractivity (Wildman–Crippen MR) is 82.9 cm³/mol. The SMILES string of the molecule is CCCCOCCOCCOCCOC(CNC)COC.